The molecular formula is C24H29FN2O2. The summed E-state index contributed by atoms with van der Waals surface area (Å²) in [6.07, 6.45) is 3.64. The number of nitrogens with zero attached hydrogens (tertiary/aromatic N) is 1. The van der Waals surface area contributed by atoms with Crippen molar-refractivity contribution < 1.29 is 13.9 Å². The maximum absolute atomic E-state index is 13.5. The molecule has 0 radical (unpaired) electrons. The lowest BCUT2D eigenvalue weighted by atomic mass is 9.73. The first kappa shape index (κ1) is 20.0. The summed E-state index contributed by atoms with van der Waals surface area (Å²) < 4.78 is 19.0. The van der Waals surface area contributed by atoms with Gasteiger partial charge in [0.25, 0.3) is 0 Å². The molecule has 0 spiro atoms. The van der Waals surface area contributed by atoms with Crippen molar-refractivity contribution in [2.45, 2.75) is 37.1 Å². The quantitative estimate of drug-likeness (QED) is 0.807. The van der Waals surface area contributed by atoms with E-state index >= 15 is 0 Å². The topological polar surface area (TPSA) is 41.6 Å². The number of rotatable bonds is 6. The molecule has 2 aliphatic heterocycles. The average molecular weight is 397 g/mol. The van der Waals surface area contributed by atoms with E-state index < -0.39 is 5.41 Å². The Morgan fingerprint density at radius 3 is 2.34 bits per heavy atom. The highest BCUT2D eigenvalue weighted by atomic mass is 19.1. The van der Waals surface area contributed by atoms with Crippen molar-refractivity contribution in [2.24, 2.45) is 0 Å². The molecule has 1 N–H and O–H groups in total. The molecule has 2 aliphatic rings. The predicted molar refractivity (Wildman–Crippen MR) is 111 cm³/mol. The summed E-state index contributed by atoms with van der Waals surface area (Å²) in [5, 5.41) is 3.25. The minimum atomic E-state index is -0.655. The van der Waals surface area contributed by atoms with Gasteiger partial charge in [0.05, 0.1) is 11.5 Å². The van der Waals surface area contributed by atoms with E-state index in [0.717, 1.165) is 18.7 Å². The van der Waals surface area contributed by atoms with E-state index in [2.05, 4.69) is 34.5 Å². The fraction of sp³-hybridized carbons (Fsp3) is 0.458. The van der Waals surface area contributed by atoms with Crippen LogP contribution in [-0.2, 0) is 14.9 Å². The van der Waals surface area contributed by atoms with E-state index in [-0.39, 0.29) is 17.8 Å². The van der Waals surface area contributed by atoms with E-state index in [4.69, 9.17) is 4.74 Å². The largest absolute Gasteiger partial charge is 0.381 e. The van der Waals surface area contributed by atoms with Crippen LogP contribution in [0.15, 0.2) is 54.6 Å². The molecule has 4 rings (SSSR count). The molecular weight excluding hydrogens is 367 g/mol. The summed E-state index contributed by atoms with van der Waals surface area (Å²) in [7, 11) is 0. The Morgan fingerprint density at radius 2 is 1.69 bits per heavy atom. The molecule has 2 saturated heterocycles. The highest BCUT2D eigenvalue weighted by Gasteiger charge is 2.42. The summed E-state index contributed by atoms with van der Waals surface area (Å²) in [6.45, 7) is 3.78. The first-order valence-corrected chi connectivity index (χ1v) is 10.6. The molecule has 29 heavy (non-hydrogen) atoms. The minimum absolute atomic E-state index is 0.0209. The Kier molecular flexibility index (Phi) is 6.26. The number of halogens is 1. The lowest BCUT2D eigenvalue weighted by molar-refractivity contribution is -0.130. The summed E-state index contributed by atoms with van der Waals surface area (Å²) in [5.41, 5.74) is 1.45. The zero-order valence-corrected chi connectivity index (χ0v) is 16.8. The average Bonchev–Trinajstić information content (AvgIpc) is 3.30. The van der Waals surface area contributed by atoms with Gasteiger partial charge < -0.3 is 10.1 Å². The van der Waals surface area contributed by atoms with Crippen molar-refractivity contribution in [1.29, 1.82) is 0 Å². The molecule has 1 atom stereocenters. The van der Waals surface area contributed by atoms with Gasteiger partial charge in [0.1, 0.15) is 5.82 Å². The van der Waals surface area contributed by atoms with Crippen LogP contribution in [0.1, 0.15) is 42.9 Å². The third-order valence-electron chi connectivity index (χ3n) is 6.40. The molecule has 0 aliphatic carbocycles. The third kappa shape index (κ3) is 4.36. The lowest BCUT2D eigenvalue weighted by Crippen LogP contribution is -2.50. The zero-order chi connectivity index (χ0) is 20.1. The molecule has 154 valence electrons. The van der Waals surface area contributed by atoms with E-state index in [1.165, 1.54) is 30.5 Å². The molecule has 0 saturated carbocycles. The van der Waals surface area contributed by atoms with Gasteiger partial charge in [-0.3, -0.25) is 9.69 Å². The first-order chi connectivity index (χ1) is 14.2. The summed E-state index contributed by atoms with van der Waals surface area (Å²) in [5.74, 6) is -0.262. The second-order valence-corrected chi connectivity index (χ2v) is 8.08. The second kappa shape index (κ2) is 9.06. The van der Waals surface area contributed by atoms with Crippen LogP contribution in [-0.4, -0.2) is 43.7 Å². The Morgan fingerprint density at radius 1 is 1.03 bits per heavy atom. The van der Waals surface area contributed by atoms with E-state index in [1.807, 2.05) is 6.07 Å². The number of ether oxygens (including phenoxy) is 1. The summed E-state index contributed by atoms with van der Waals surface area (Å²) in [4.78, 5) is 15.9. The maximum atomic E-state index is 13.5. The van der Waals surface area contributed by atoms with Gasteiger partial charge in [-0.25, -0.2) is 4.39 Å². The Balaban J connectivity index is 1.54. The SMILES string of the molecule is O=C(NCC(c1ccccc1)N1CCCC1)C1(c2ccc(F)cc2)CCOCC1. The van der Waals surface area contributed by atoms with E-state index in [9.17, 15) is 9.18 Å². The van der Waals surface area contributed by atoms with Crippen LogP contribution in [0.4, 0.5) is 4.39 Å². The number of likely N-dealkylation sites (tertiary alicyclic amines) is 1. The minimum Gasteiger partial charge on any atom is -0.381 e. The van der Waals surface area contributed by atoms with Gasteiger partial charge in [0, 0.05) is 19.8 Å². The third-order valence-corrected chi connectivity index (χ3v) is 6.40. The zero-order valence-electron chi connectivity index (χ0n) is 16.8. The van der Waals surface area contributed by atoms with Crippen molar-refractivity contribution >= 4 is 5.91 Å². The van der Waals surface area contributed by atoms with Crippen LogP contribution >= 0.6 is 0 Å². The monoisotopic (exact) mass is 396 g/mol. The van der Waals surface area contributed by atoms with Crippen LogP contribution in [0.2, 0.25) is 0 Å². The molecule has 1 amide bonds. The molecule has 1 unspecified atom stereocenters. The van der Waals surface area contributed by atoms with E-state index in [0.29, 0.717) is 32.6 Å². The highest BCUT2D eigenvalue weighted by Crippen LogP contribution is 2.35. The smallest absolute Gasteiger partial charge is 0.230 e. The molecule has 2 aromatic carbocycles. The van der Waals surface area contributed by atoms with Gasteiger partial charge in [-0.15, -0.1) is 0 Å². The van der Waals surface area contributed by atoms with Crippen molar-refractivity contribution in [3.8, 4) is 0 Å². The number of amides is 1. The maximum Gasteiger partial charge on any atom is 0.230 e. The molecule has 5 heteroatoms. The highest BCUT2D eigenvalue weighted by molar-refractivity contribution is 5.88. The van der Waals surface area contributed by atoms with Crippen LogP contribution in [0.5, 0.6) is 0 Å². The Hall–Kier alpha value is -2.24. The number of benzene rings is 2. The number of carbonyl (C=O) groups is 1. The van der Waals surface area contributed by atoms with Gasteiger partial charge in [-0.2, -0.15) is 0 Å². The Bertz CT molecular complexity index is 797. The second-order valence-electron chi connectivity index (χ2n) is 8.08. The number of carbonyl (C=O) groups excluding carboxylic acids is 1. The van der Waals surface area contributed by atoms with Crippen LogP contribution in [0.25, 0.3) is 0 Å². The van der Waals surface area contributed by atoms with Crippen molar-refractivity contribution in [1.82, 2.24) is 10.2 Å². The van der Waals surface area contributed by atoms with Crippen LogP contribution in [0, 0.1) is 5.82 Å². The fourth-order valence-electron chi connectivity index (χ4n) is 4.68. The van der Waals surface area contributed by atoms with Crippen molar-refractivity contribution in [3.63, 3.8) is 0 Å². The van der Waals surface area contributed by atoms with Gasteiger partial charge >= 0.3 is 0 Å². The number of nitrogens with one attached hydrogen (secondary N) is 1. The summed E-state index contributed by atoms with van der Waals surface area (Å²) >= 11 is 0. The first-order valence-electron chi connectivity index (χ1n) is 10.6. The molecule has 2 heterocycles. The molecule has 0 aromatic heterocycles. The molecule has 4 nitrogen and oxygen atoms in total. The van der Waals surface area contributed by atoms with Crippen LogP contribution in [0.3, 0.4) is 0 Å². The van der Waals surface area contributed by atoms with Crippen molar-refractivity contribution in [3.05, 3.63) is 71.5 Å². The van der Waals surface area contributed by atoms with Crippen LogP contribution < -0.4 is 5.32 Å². The van der Waals surface area contributed by atoms with Gasteiger partial charge in [-0.1, -0.05) is 42.5 Å². The van der Waals surface area contributed by atoms with Gasteiger partial charge in [-0.05, 0) is 62.0 Å². The van der Waals surface area contributed by atoms with Gasteiger partial charge in [0.15, 0.2) is 0 Å². The normalized spacial score (nSPS) is 20.3. The molecule has 2 aromatic rings. The molecule has 2 fully saturated rings. The number of hydrogen-bond donors (Lipinski definition) is 1. The number of hydrogen-bond acceptors (Lipinski definition) is 3. The standard InChI is InChI=1S/C24H29FN2O2/c25-21-10-8-20(9-11-21)24(12-16-29-17-13-24)23(28)26-18-22(27-14-4-5-15-27)19-6-2-1-3-7-19/h1-3,6-11,22H,4-5,12-18H2,(H,26,28). The summed E-state index contributed by atoms with van der Waals surface area (Å²) in [6, 6.07) is 17.0. The Labute approximate surface area is 172 Å². The lowest BCUT2D eigenvalue weighted by Gasteiger charge is -2.37. The van der Waals surface area contributed by atoms with E-state index in [1.54, 1.807) is 12.1 Å². The van der Waals surface area contributed by atoms with Gasteiger partial charge in [0.2, 0.25) is 5.91 Å². The molecule has 0 bridgehead atoms. The fourth-order valence-corrected chi connectivity index (χ4v) is 4.68. The predicted octanol–water partition coefficient (Wildman–Crippen LogP) is 3.83. The van der Waals surface area contributed by atoms with Crippen molar-refractivity contribution in [2.75, 3.05) is 32.8 Å².